The van der Waals surface area contributed by atoms with Gasteiger partial charge in [0.2, 0.25) is 0 Å². The maximum absolute atomic E-state index is 6.01. The smallest absolute Gasteiger partial charge is 0.0316 e. The first-order chi connectivity index (χ1) is 9.59. The molecule has 2 heteroatoms. The predicted octanol–water partition coefficient (Wildman–Crippen LogP) is 3.81. The second-order valence-corrected chi connectivity index (χ2v) is 7.29. The lowest BCUT2D eigenvalue weighted by molar-refractivity contribution is 0.0435. The zero-order chi connectivity index (χ0) is 14.2. The van der Waals surface area contributed by atoms with Gasteiger partial charge in [-0.3, -0.25) is 0 Å². The minimum absolute atomic E-state index is 0.409. The Morgan fingerprint density at radius 1 is 1.35 bits per heavy atom. The summed E-state index contributed by atoms with van der Waals surface area (Å²) in [6.45, 7) is 7.19. The van der Waals surface area contributed by atoms with Crippen LogP contribution in [-0.2, 0) is 5.41 Å². The van der Waals surface area contributed by atoms with Gasteiger partial charge in [0.25, 0.3) is 0 Å². The zero-order valence-corrected chi connectivity index (χ0v) is 12.9. The maximum atomic E-state index is 6.01. The lowest BCUT2D eigenvalue weighted by atomic mass is 9.63. The van der Waals surface area contributed by atoms with E-state index in [0.717, 1.165) is 17.6 Å². The molecule has 3 rings (SSSR count). The summed E-state index contributed by atoms with van der Waals surface area (Å²) in [6.07, 6.45) is 6.75. The van der Waals surface area contributed by atoms with Crippen LogP contribution in [0.15, 0.2) is 24.3 Å². The van der Waals surface area contributed by atoms with Gasteiger partial charge in [0.05, 0.1) is 0 Å². The number of piperidine rings is 1. The second-order valence-electron chi connectivity index (χ2n) is 7.29. The van der Waals surface area contributed by atoms with Crippen molar-refractivity contribution in [3.63, 3.8) is 0 Å². The molecule has 1 saturated heterocycles. The quantitative estimate of drug-likeness (QED) is 0.848. The van der Waals surface area contributed by atoms with E-state index < -0.39 is 0 Å². The average Bonchev–Trinajstić information content (AvgIpc) is 2.42. The van der Waals surface area contributed by atoms with Gasteiger partial charge in [-0.1, -0.05) is 32.4 Å². The average molecular weight is 272 g/mol. The van der Waals surface area contributed by atoms with E-state index in [9.17, 15) is 0 Å². The summed E-state index contributed by atoms with van der Waals surface area (Å²) in [7, 11) is 0. The summed E-state index contributed by atoms with van der Waals surface area (Å²) in [5.74, 6) is 0.775. The van der Waals surface area contributed by atoms with E-state index in [0.29, 0.717) is 5.41 Å². The first-order valence-corrected chi connectivity index (χ1v) is 8.19. The van der Waals surface area contributed by atoms with E-state index in [-0.39, 0.29) is 0 Å². The van der Waals surface area contributed by atoms with Gasteiger partial charge in [0.15, 0.2) is 0 Å². The Bertz CT molecular complexity index is 468. The lowest BCUT2D eigenvalue weighted by Crippen LogP contribution is -2.52. The van der Waals surface area contributed by atoms with Crippen LogP contribution < -0.4 is 5.73 Å². The molecule has 1 aliphatic carbocycles. The Labute approximate surface area is 123 Å². The Morgan fingerprint density at radius 2 is 2.20 bits per heavy atom. The van der Waals surface area contributed by atoms with Crippen LogP contribution in [-0.4, -0.2) is 24.0 Å². The van der Waals surface area contributed by atoms with Crippen molar-refractivity contribution in [1.82, 2.24) is 4.90 Å². The van der Waals surface area contributed by atoms with Crippen LogP contribution in [0, 0.1) is 5.92 Å². The van der Waals surface area contributed by atoms with Crippen LogP contribution >= 0.6 is 0 Å². The molecule has 1 aromatic carbocycles. The highest BCUT2D eigenvalue weighted by atomic mass is 15.2. The fraction of sp³-hybridized carbons (Fsp3) is 0.667. The minimum atomic E-state index is 0.409. The van der Waals surface area contributed by atoms with E-state index in [2.05, 4.69) is 36.9 Å². The van der Waals surface area contributed by atoms with Gasteiger partial charge in [-0.05, 0) is 61.3 Å². The minimum Gasteiger partial charge on any atom is -0.399 e. The number of rotatable bonds is 3. The van der Waals surface area contributed by atoms with Crippen LogP contribution in [0.5, 0.6) is 0 Å². The van der Waals surface area contributed by atoms with E-state index in [1.54, 1.807) is 0 Å². The molecule has 0 amide bonds. The summed E-state index contributed by atoms with van der Waals surface area (Å²) in [5.41, 5.74) is 8.83. The van der Waals surface area contributed by atoms with Crippen molar-refractivity contribution >= 4 is 5.69 Å². The van der Waals surface area contributed by atoms with Gasteiger partial charge in [0, 0.05) is 18.3 Å². The number of benzene rings is 1. The number of likely N-dealkylation sites (tertiary alicyclic amines) is 1. The first kappa shape index (κ1) is 13.9. The number of fused-ring (bicyclic) bond motifs is 2. The normalized spacial score (nSPS) is 30.6. The van der Waals surface area contributed by atoms with Gasteiger partial charge in [-0.2, -0.15) is 0 Å². The fourth-order valence-electron chi connectivity index (χ4n) is 4.39. The Hall–Kier alpha value is -1.02. The molecule has 2 bridgehead atoms. The number of nitrogens with two attached hydrogens (primary N) is 1. The van der Waals surface area contributed by atoms with Crippen molar-refractivity contribution in [2.45, 2.75) is 57.4 Å². The van der Waals surface area contributed by atoms with Gasteiger partial charge < -0.3 is 10.6 Å². The first-order valence-electron chi connectivity index (χ1n) is 8.19. The van der Waals surface area contributed by atoms with Crippen molar-refractivity contribution in [2.75, 3.05) is 18.8 Å². The van der Waals surface area contributed by atoms with Crippen LogP contribution in [0.4, 0.5) is 5.69 Å². The molecular weight excluding hydrogens is 244 g/mol. The highest BCUT2D eigenvalue weighted by Gasteiger charge is 2.43. The summed E-state index contributed by atoms with van der Waals surface area (Å²) in [6, 6.07) is 9.45. The maximum Gasteiger partial charge on any atom is 0.0316 e. The van der Waals surface area contributed by atoms with Gasteiger partial charge in [0.1, 0.15) is 0 Å². The predicted molar refractivity (Wildman–Crippen MR) is 85.8 cm³/mol. The van der Waals surface area contributed by atoms with E-state index in [4.69, 9.17) is 5.73 Å². The number of hydrogen-bond acceptors (Lipinski definition) is 2. The molecule has 0 spiro atoms. The van der Waals surface area contributed by atoms with Crippen molar-refractivity contribution in [1.29, 1.82) is 0 Å². The Morgan fingerprint density at radius 3 is 2.95 bits per heavy atom. The molecule has 1 aromatic rings. The van der Waals surface area contributed by atoms with Gasteiger partial charge in [-0.25, -0.2) is 0 Å². The summed E-state index contributed by atoms with van der Waals surface area (Å²) in [4.78, 5) is 2.74. The lowest BCUT2D eigenvalue weighted by Gasteiger charge is -2.51. The monoisotopic (exact) mass is 272 g/mol. The topological polar surface area (TPSA) is 29.3 Å². The van der Waals surface area contributed by atoms with Gasteiger partial charge in [-0.15, -0.1) is 0 Å². The second kappa shape index (κ2) is 5.40. The molecular formula is C18H28N2. The third-order valence-electron chi connectivity index (χ3n) is 5.31. The van der Waals surface area contributed by atoms with Gasteiger partial charge >= 0.3 is 0 Å². The SMILES string of the molecule is CC(C)CN1CCC2(c3cccc(N)c3)CCCC1C2. The molecule has 1 heterocycles. The van der Waals surface area contributed by atoms with Crippen molar-refractivity contribution in [3.05, 3.63) is 29.8 Å². The third-order valence-corrected chi connectivity index (χ3v) is 5.31. The molecule has 1 saturated carbocycles. The number of nitrogen functional groups attached to an aromatic ring is 1. The summed E-state index contributed by atoms with van der Waals surface area (Å²) < 4.78 is 0. The molecule has 2 fully saturated rings. The zero-order valence-electron chi connectivity index (χ0n) is 12.9. The largest absolute Gasteiger partial charge is 0.399 e. The molecule has 0 aromatic heterocycles. The van der Waals surface area contributed by atoms with Crippen LogP contribution in [0.25, 0.3) is 0 Å². The summed E-state index contributed by atoms with van der Waals surface area (Å²) in [5, 5.41) is 0. The standard InChI is InChI=1S/C18H28N2/c1-14(2)13-20-10-9-18(8-4-7-17(20)12-18)15-5-3-6-16(19)11-15/h3,5-6,11,14,17H,4,7-10,12-13,19H2,1-2H3. The molecule has 2 aliphatic rings. The molecule has 110 valence electrons. The number of nitrogens with zero attached hydrogens (tertiary/aromatic N) is 1. The fourth-order valence-corrected chi connectivity index (χ4v) is 4.39. The Kier molecular flexibility index (Phi) is 3.76. The molecule has 20 heavy (non-hydrogen) atoms. The highest BCUT2D eigenvalue weighted by molar-refractivity contribution is 5.44. The highest BCUT2D eigenvalue weighted by Crippen LogP contribution is 2.47. The van der Waals surface area contributed by atoms with Crippen LogP contribution in [0.1, 0.15) is 51.5 Å². The van der Waals surface area contributed by atoms with E-state index in [1.165, 1.54) is 50.8 Å². The molecule has 2 atom stereocenters. The Balaban J connectivity index is 1.82. The van der Waals surface area contributed by atoms with Crippen molar-refractivity contribution in [2.24, 2.45) is 5.92 Å². The van der Waals surface area contributed by atoms with E-state index >= 15 is 0 Å². The number of anilines is 1. The van der Waals surface area contributed by atoms with Crippen molar-refractivity contribution < 1.29 is 0 Å². The van der Waals surface area contributed by atoms with Crippen molar-refractivity contribution in [3.8, 4) is 0 Å². The molecule has 2 N–H and O–H groups in total. The molecule has 1 aliphatic heterocycles. The molecule has 0 radical (unpaired) electrons. The number of hydrogen-bond donors (Lipinski definition) is 1. The third kappa shape index (κ3) is 2.58. The molecule has 2 unspecified atom stereocenters. The van der Waals surface area contributed by atoms with E-state index in [1.807, 2.05) is 6.07 Å². The van der Waals surface area contributed by atoms with Crippen LogP contribution in [0.3, 0.4) is 0 Å². The summed E-state index contributed by atoms with van der Waals surface area (Å²) >= 11 is 0. The molecule has 2 nitrogen and oxygen atoms in total. The van der Waals surface area contributed by atoms with Crippen LogP contribution in [0.2, 0.25) is 0 Å².